The molecule has 0 aromatic heterocycles. The Morgan fingerprint density at radius 3 is 2.45 bits per heavy atom. The third-order valence-electron chi connectivity index (χ3n) is 4.76. The number of benzene rings is 3. The van der Waals surface area contributed by atoms with E-state index in [2.05, 4.69) is 0 Å². The minimum absolute atomic E-state index is 0.154. The molecule has 0 atom stereocenters. The van der Waals surface area contributed by atoms with Crippen LogP contribution in [0, 0.1) is 0 Å². The van der Waals surface area contributed by atoms with E-state index in [0.717, 1.165) is 22.2 Å². The van der Waals surface area contributed by atoms with Crippen molar-refractivity contribution < 1.29 is 19.1 Å². The number of halogens is 3. The molecular formula is C24H16Cl3NO4S. The molecule has 0 aliphatic carbocycles. The molecule has 0 N–H and O–H groups in total. The normalized spacial score (nSPS) is 14.8. The second-order valence-corrected chi connectivity index (χ2v) is 9.17. The lowest BCUT2D eigenvalue weighted by Crippen LogP contribution is -2.27. The molecule has 1 fully saturated rings. The molecule has 0 radical (unpaired) electrons. The van der Waals surface area contributed by atoms with Crippen molar-refractivity contribution in [1.29, 1.82) is 0 Å². The third-order valence-corrected chi connectivity index (χ3v) is 6.45. The molecule has 33 heavy (non-hydrogen) atoms. The van der Waals surface area contributed by atoms with Crippen LogP contribution in [0.5, 0.6) is 11.5 Å². The number of rotatable bonds is 6. The summed E-state index contributed by atoms with van der Waals surface area (Å²) >= 11 is 19.1. The summed E-state index contributed by atoms with van der Waals surface area (Å²) in [7, 11) is 1.52. The van der Waals surface area contributed by atoms with Gasteiger partial charge in [0, 0.05) is 26.2 Å². The Balaban J connectivity index is 1.65. The second-order valence-electron chi connectivity index (χ2n) is 6.90. The number of amides is 2. The second kappa shape index (κ2) is 10.1. The highest BCUT2D eigenvalue weighted by Gasteiger charge is 2.36. The lowest BCUT2D eigenvalue weighted by molar-refractivity contribution is -0.113. The number of para-hydroxylation sites is 1. The van der Waals surface area contributed by atoms with Crippen molar-refractivity contribution in [3.05, 3.63) is 91.8 Å². The van der Waals surface area contributed by atoms with Crippen molar-refractivity contribution in [3.63, 3.8) is 0 Å². The quantitative estimate of drug-likeness (QED) is 0.315. The molecule has 0 bridgehead atoms. The molecule has 1 aliphatic rings. The molecular weight excluding hydrogens is 505 g/mol. The van der Waals surface area contributed by atoms with Crippen LogP contribution in [0.15, 0.2) is 65.6 Å². The van der Waals surface area contributed by atoms with Gasteiger partial charge >= 0.3 is 0 Å². The van der Waals surface area contributed by atoms with Crippen molar-refractivity contribution in [2.45, 2.75) is 6.61 Å². The molecule has 4 rings (SSSR count). The van der Waals surface area contributed by atoms with Crippen molar-refractivity contribution in [1.82, 2.24) is 0 Å². The Bertz CT molecular complexity index is 1280. The minimum Gasteiger partial charge on any atom is -0.493 e. The number of ether oxygens (including phenoxy) is 2. The highest BCUT2D eigenvalue weighted by atomic mass is 35.5. The van der Waals surface area contributed by atoms with Crippen LogP contribution < -0.4 is 14.4 Å². The Hall–Kier alpha value is -2.64. The highest BCUT2D eigenvalue weighted by molar-refractivity contribution is 8.19. The van der Waals surface area contributed by atoms with E-state index in [9.17, 15) is 9.59 Å². The van der Waals surface area contributed by atoms with Gasteiger partial charge in [0.2, 0.25) is 0 Å². The van der Waals surface area contributed by atoms with Gasteiger partial charge in [-0.15, -0.1) is 0 Å². The number of carbonyl (C=O) groups excluding carboxylic acids is 2. The maximum absolute atomic E-state index is 13.0. The maximum Gasteiger partial charge on any atom is 0.298 e. The van der Waals surface area contributed by atoms with Crippen LogP contribution in [0.1, 0.15) is 11.1 Å². The molecule has 168 valence electrons. The molecule has 1 aliphatic heterocycles. The first-order valence-electron chi connectivity index (χ1n) is 9.64. The summed E-state index contributed by atoms with van der Waals surface area (Å²) in [5.74, 6) is 0.449. The number of imide groups is 1. The number of anilines is 1. The fraction of sp³-hybridized carbons (Fsp3) is 0.0833. The van der Waals surface area contributed by atoms with Crippen LogP contribution in [0.3, 0.4) is 0 Å². The van der Waals surface area contributed by atoms with Crippen LogP contribution >= 0.6 is 46.6 Å². The summed E-state index contributed by atoms with van der Waals surface area (Å²) in [6.45, 7) is 0.154. The van der Waals surface area contributed by atoms with Gasteiger partial charge in [-0.1, -0.05) is 59.1 Å². The largest absolute Gasteiger partial charge is 0.493 e. The predicted molar refractivity (Wildman–Crippen MR) is 134 cm³/mol. The molecule has 2 amide bonds. The fourth-order valence-electron chi connectivity index (χ4n) is 3.20. The third kappa shape index (κ3) is 5.14. The van der Waals surface area contributed by atoms with Gasteiger partial charge in [0.25, 0.3) is 11.1 Å². The fourth-order valence-corrected chi connectivity index (χ4v) is 4.68. The van der Waals surface area contributed by atoms with Crippen LogP contribution in [-0.2, 0) is 11.4 Å². The zero-order chi connectivity index (χ0) is 23.5. The predicted octanol–water partition coefficient (Wildman–Crippen LogP) is 7.48. The first kappa shape index (κ1) is 23.5. The molecule has 9 heteroatoms. The molecule has 3 aromatic rings. The van der Waals surface area contributed by atoms with Gasteiger partial charge in [0.1, 0.15) is 6.61 Å². The van der Waals surface area contributed by atoms with Gasteiger partial charge in [-0.3, -0.25) is 9.59 Å². The van der Waals surface area contributed by atoms with Gasteiger partial charge in [-0.25, -0.2) is 4.90 Å². The number of carbonyl (C=O) groups is 2. The zero-order valence-corrected chi connectivity index (χ0v) is 20.3. The summed E-state index contributed by atoms with van der Waals surface area (Å²) in [5.41, 5.74) is 1.73. The van der Waals surface area contributed by atoms with Gasteiger partial charge in [0.15, 0.2) is 11.5 Å². The molecule has 0 spiro atoms. The summed E-state index contributed by atoms with van der Waals surface area (Å²) in [5, 5.41) is 1.02. The highest BCUT2D eigenvalue weighted by Crippen LogP contribution is 2.40. The lowest BCUT2D eigenvalue weighted by Gasteiger charge is -2.15. The SMILES string of the molecule is COc1cccc(/C=C2\SC(=O)N(c3cccc(Cl)c3)C2=O)c1OCc1ccc(Cl)cc1Cl. The van der Waals surface area contributed by atoms with E-state index in [1.165, 1.54) is 7.11 Å². The lowest BCUT2D eigenvalue weighted by atomic mass is 10.1. The van der Waals surface area contributed by atoms with Crippen molar-refractivity contribution in [2.24, 2.45) is 0 Å². The number of thioether (sulfide) groups is 1. The van der Waals surface area contributed by atoms with E-state index < -0.39 is 11.1 Å². The Kier molecular flexibility index (Phi) is 7.20. The monoisotopic (exact) mass is 519 g/mol. The molecule has 3 aromatic carbocycles. The van der Waals surface area contributed by atoms with E-state index in [0.29, 0.717) is 37.8 Å². The van der Waals surface area contributed by atoms with Crippen LogP contribution in [-0.4, -0.2) is 18.3 Å². The van der Waals surface area contributed by atoms with Crippen LogP contribution in [0.25, 0.3) is 6.08 Å². The average Bonchev–Trinajstić information content (AvgIpc) is 3.06. The van der Waals surface area contributed by atoms with Crippen LogP contribution in [0.4, 0.5) is 10.5 Å². The summed E-state index contributed by atoms with van der Waals surface area (Å²) in [6.07, 6.45) is 1.61. The Morgan fingerprint density at radius 2 is 1.73 bits per heavy atom. The van der Waals surface area contributed by atoms with Gasteiger partial charge in [-0.2, -0.15) is 0 Å². The maximum atomic E-state index is 13.0. The molecule has 5 nitrogen and oxygen atoms in total. The Labute approximate surface area is 209 Å². The van der Waals surface area contributed by atoms with E-state index in [4.69, 9.17) is 44.3 Å². The van der Waals surface area contributed by atoms with E-state index in [1.807, 2.05) is 0 Å². The number of hydrogen-bond acceptors (Lipinski definition) is 5. The van der Waals surface area contributed by atoms with Gasteiger partial charge in [-0.05, 0) is 54.2 Å². The number of methoxy groups -OCH3 is 1. The van der Waals surface area contributed by atoms with Gasteiger partial charge in [0.05, 0.1) is 17.7 Å². The molecule has 0 unspecified atom stereocenters. The summed E-state index contributed by atoms with van der Waals surface area (Å²) in [4.78, 5) is 27.0. The summed E-state index contributed by atoms with van der Waals surface area (Å²) in [6, 6.07) is 17.0. The smallest absolute Gasteiger partial charge is 0.298 e. The minimum atomic E-state index is -0.443. The number of nitrogens with zero attached hydrogens (tertiary/aromatic N) is 1. The standard InChI is InChI=1S/C24H16Cl3NO4S/c1-31-20-7-2-4-14(22(20)32-13-15-8-9-17(26)12-19(15)27)10-21-23(29)28(24(30)33-21)18-6-3-5-16(25)11-18/h2-12H,13H2,1H3/b21-10-. The topological polar surface area (TPSA) is 55.8 Å². The van der Waals surface area contributed by atoms with Crippen molar-refractivity contribution >= 4 is 69.5 Å². The first-order chi connectivity index (χ1) is 15.9. The van der Waals surface area contributed by atoms with Gasteiger partial charge < -0.3 is 9.47 Å². The van der Waals surface area contributed by atoms with E-state index in [-0.39, 0.29) is 11.5 Å². The molecule has 1 heterocycles. The van der Waals surface area contributed by atoms with Crippen LogP contribution in [0.2, 0.25) is 15.1 Å². The molecule has 0 saturated carbocycles. The average molecular weight is 521 g/mol. The summed E-state index contributed by atoms with van der Waals surface area (Å²) < 4.78 is 11.5. The van der Waals surface area contributed by atoms with Crippen molar-refractivity contribution in [3.8, 4) is 11.5 Å². The first-order valence-corrected chi connectivity index (χ1v) is 11.6. The van der Waals surface area contributed by atoms with E-state index >= 15 is 0 Å². The zero-order valence-electron chi connectivity index (χ0n) is 17.2. The van der Waals surface area contributed by atoms with E-state index in [1.54, 1.807) is 66.7 Å². The number of hydrogen-bond donors (Lipinski definition) is 0. The molecule has 1 saturated heterocycles. The Morgan fingerprint density at radius 1 is 0.970 bits per heavy atom. The van der Waals surface area contributed by atoms with Crippen molar-refractivity contribution in [2.75, 3.05) is 12.0 Å².